The zero-order chi connectivity index (χ0) is 18.8. The van der Waals surface area contributed by atoms with Crippen molar-refractivity contribution >= 4 is 5.96 Å². The van der Waals surface area contributed by atoms with E-state index in [1.165, 1.54) is 25.7 Å². The van der Waals surface area contributed by atoms with Gasteiger partial charge in [-0.15, -0.1) is 0 Å². The molecular formula is C20H32N6. The summed E-state index contributed by atoms with van der Waals surface area (Å²) in [4.78, 5) is 13.5. The van der Waals surface area contributed by atoms with Gasteiger partial charge in [0.1, 0.15) is 11.6 Å². The molecule has 0 fully saturated rings. The lowest BCUT2D eigenvalue weighted by Crippen LogP contribution is -2.42. The van der Waals surface area contributed by atoms with E-state index in [1.807, 2.05) is 30.0 Å². The van der Waals surface area contributed by atoms with Gasteiger partial charge in [-0.2, -0.15) is 0 Å². The lowest BCUT2D eigenvalue weighted by Gasteiger charge is -2.17. The summed E-state index contributed by atoms with van der Waals surface area (Å²) in [5.41, 5.74) is 1.09. The molecule has 2 N–H and O–H groups in total. The molecule has 0 aliphatic rings. The molecule has 26 heavy (non-hydrogen) atoms. The highest BCUT2D eigenvalue weighted by Crippen LogP contribution is 2.09. The van der Waals surface area contributed by atoms with Crippen LogP contribution in [0, 0.1) is 6.92 Å². The quantitative estimate of drug-likeness (QED) is 0.409. The molecule has 0 aliphatic heterocycles. The maximum Gasteiger partial charge on any atom is 0.191 e. The number of rotatable bonds is 9. The summed E-state index contributed by atoms with van der Waals surface area (Å²) in [6.07, 6.45) is 10.5. The first kappa shape index (κ1) is 19.9. The van der Waals surface area contributed by atoms with E-state index in [1.54, 1.807) is 6.20 Å². The largest absolute Gasteiger partial charge is 0.357 e. The smallest absolute Gasteiger partial charge is 0.191 e. The first-order valence-electron chi connectivity index (χ1n) is 9.64. The Hall–Kier alpha value is -2.37. The van der Waals surface area contributed by atoms with Gasteiger partial charge in [0.2, 0.25) is 0 Å². The first-order valence-corrected chi connectivity index (χ1v) is 9.64. The van der Waals surface area contributed by atoms with Crippen molar-refractivity contribution in [1.29, 1.82) is 0 Å². The van der Waals surface area contributed by atoms with E-state index < -0.39 is 0 Å². The van der Waals surface area contributed by atoms with Crippen LogP contribution in [0.3, 0.4) is 0 Å². The van der Waals surface area contributed by atoms with E-state index in [0.29, 0.717) is 12.6 Å². The van der Waals surface area contributed by atoms with Gasteiger partial charge in [0, 0.05) is 31.2 Å². The van der Waals surface area contributed by atoms with E-state index in [0.717, 1.165) is 29.7 Å². The Morgan fingerprint density at radius 1 is 1.23 bits per heavy atom. The third kappa shape index (κ3) is 6.17. The molecule has 0 saturated heterocycles. The Kier molecular flexibility index (Phi) is 8.12. The van der Waals surface area contributed by atoms with E-state index in [2.05, 4.69) is 47.4 Å². The van der Waals surface area contributed by atoms with Crippen molar-refractivity contribution in [3.05, 3.63) is 42.1 Å². The minimum Gasteiger partial charge on any atom is -0.357 e. The van der Waals surface area contributed by atoms with Gasteiger partial charge in [0.15, 0.2) is 5.96 Å². The second-order valence-corrected chi connectivity index (χ2v) is 6.61. The number of aryl methyl sites for hydroxylation is 1. The normalized spacial score (nSPS) is 12.8. The van der Waals surface area contributed by atoms with E-state index >= 15 is 0 Å². The molecule has 0 aliphatic carbocycles. The fourth-order valence-corrected chi connectivity index (χ4v) is 2.77. The van der Waals surface area contributed by atoms with Gasteiger partial charge in [-0.25, -0.2) is 15.0 Å². The molecule has 6 nitrogen and oxygen atoms in total. The molecule has 6 heteroatoms. The molecule has 2 aromatic heterocycles. The second-order valence-electron chi connectivity index (χ2n) is 6.61. The fraction of sp³-hybridized carbons (Fsp3) is 0.550. The predicted molar refractivity (Wildman–Crippen MR) is 108 cm³/mol. The average molecular weight is 357 g/mol. The molecule has 1 unspecified atom stereocenters. The number of aromatic nitrogens is 3. The number of hydrogen-bond donors (Lipinski definition) is 2. The van der Waals surface area contributed by atoms with Gasteiger partial charge in [0.05, 0.1) is 6.54 Å². The number of aliphatic imine (C=N–C) groups is 1. The van der Waals surface area contributed by atoms with Crippen LogP contribution in [-0.4, -0.2) is 33.1 Å². The number of hydrogen-bond acceptors (Lipinski definition) is 3. The molecule has 0 spiro atoms. The minimum atomic E-state index is 0.420. The molecule has 0 bridgehead atoms. The van der Waals surface area contributed by atoms with Gasteiger partial charge in [-0.1, -0.05) is 32.3 Å². The highest BCUT2D eigenvalue weighted by molar-refractivity contribution is 5.80. The molecule has 142 valence electrons. The molecule has 2 heterocycles. The number of nitrogens with zero attached hydrogens (tertiary/aromatic N) is 4. The van der Waals surface area contributed by atoms with Crippen LogP contribution in [0.4, 0.5) is 0 Å². The molecule has 0 amide bonds. The fourth-order valence-electron chi connectivity index (χ4n) is 2.77. The lowest BCUT2D eigenvalue weighted by molar-refractivity contribution is 0.547. The summed E-state index contributed by atoms with van der Waals surface area (Å²) in [7, 11) is 0. The van der Waals surface area contributed by atoms with Gasteiger partial charge in [0.25, 0.3) is 0 Å². The van der Waals surface area contributed by atoms with Crippen molar-refractivity contribution in [3.63, 3.8) is 0 Å². The minimum absolute atomic E-state index is 0.420. The van der Waals surface area contributed by atoms with E-state index in [4.69, 9.17) is 4.99 Å². The molecule has 2 aromatic rings. The average Bonchev–Trinajstić information content (AvgIpc) is 3.06. The maximum atomic E-state index is 4.70. The number of imidazole rings is 1. The number of pyridine rings is 1. The summed E-state index contributed by atoms with van der Waals surface area (Å²) in [6.45, 7) is 9.96. The van der Waals surface area contributed by atoms with Gasteiger partial charge >= 0.3 is 0 Å². The Balaban J connectivity index is 1.94. The molecule has 0 saturated carbocycles. The number of unbranched alkanes of at least 4 members (excludes halogenated alkanes) is 2. The zero-order valence-electron chi connectivity index (χ0n) is 16.5. The summed E-state index contributed by atoms with van der Waals surface area (Å²) in [5, 5.41) is 6.82. The van der Waals surface area contributed by atoms with Crippen LogP contribution in [0.25, 0.3) is 5.82 Å². The van der Waals surface area contributed by atoms with Crippen molar-refractivity contribution in [2.75, 3.05) is 6.54 Å². The van der Waals surface area contributed by atoms with Crippen molar-refractivity contribution in [2.24, 2.45) is 4.99 Å². The van der Waals surface area contributed by atoms with Crippen molar-refractivity contribution in [2.45, 2.75) is 66.0 Å². The Morgan fingerprint density at radius 3 is 2.69 bits per heavy atom. The van der Waals surface area contributed by atoms with Gasteiger partial charge in [-0.3, -0.25) is 4.57 Å². The summed E-state index contributed by atoms with van der Waals surface area (Å²) in [6, 6.07) is 4.50. The first-order chi connectivity index (χ1) is 12.6. The van der Waals surface area contributed by atoms with Crippen LogP contribution >= 0.6 is 0 Å². The summed E-state index contributed by atoms with van der Waals surface area (Å²) < 4.78 is 1.97. The third-order valence-electron chi connectivity index (χ3n) is 4.27. The Morgan fingerprint density at radius 2 is 2.08 bits per heavy atom. The van der Waals surface area contributed by atoms with Crippen LogP contribution in [0.15, 0.2) is 35.7 Å². The SMILES string of the molecule is CCCCCC(C)NC(=NCc1ccc(-n2ccnc2C)nc1)NCC. The van der Waals surface area contributed by atoms with Crippen LogP contribution in [0.1, 0.15) is 57.8 Å². The van der Waals surface area contributed by atoms with Crippen molar-refractivity contribution < 1.29 is 0 Å². The molecule has 0 radical (unpaired) electrons. The molecule has 1 atom stereocenters. The van der Waals surface area contributed by atoms with Crippen LogP contribution in [0.2, 0.25) is 0 Å². The van der Waals surface area contributed by atoms with Crippen molar-refractivity contribution in [1.82, 2.24) is 25.2 Å². The van der Waals surface area contributed by atoms with Crippen LogP contribution < -0.4 is 10.6 Å². The van der Waals surface area contributed by atoms with E-state index in [-0.39, 0.29) is 0 Å². The third-order valence-corrected chi connectivity index (χ3v) is 4.27. The highest BCUT2D eigenvalue weighted by atomic mass is 15.2. The maximum absolute atomic E-state index is 4.70. The second kappa shape index (κ2) is 10.6. The summed E-state index contributed by atoms with van der Waals surface area (Å²) >= 11 is 0. The van der Waals surface area contributed by atoms with Crippen molar-refractivity contribution in [3.8, 4) is 5.82 Å². The predicted octanol–water partition coefficient (Wildman–Crippen LogP) is 3.60. The monoisotopic (exact) mass is 356 g/mol. The number of nitrogens with one attached hydrogen (secondary N) is 2. The van der Waals surface area contributed by atoms with Gasteiger partial charge in [-0.05, 0) is 38.8 Å². The van der Waals surface area contributed by atoms with Gasteiger partial charge < -0.3 is 10.6 Å². The number of guanidine groups is 1. The lowest BCUT2D eigenvalue weighted by atomic mass is 10.1. The molecule has 2 rings (SSSR count). The topological polar surface area (TPSA) is 67.1 Å². The summed E-state index contributed by atoms with van der Waals surface area (Å²) in [5.74, 6) is 2.67. The Bertz CT molecular complexity index is 674. The van der Waals surface area contributed by atoms with Crippen LogP contribution in [-0.2, 0) is 6.54 Å². The van der Waals surface area contributed by atoms with E-state index in [9.17, 15) is 0 Å². The molecular weight excluding hydrogens is 324 g/mol. The van der Waals surface area contributed by atoms with Crippen LogP contribution in [0.5, 0.6) is 0 Å². The Labute approximate surface area is 157 Å². The highest BCUT2D eigenvalue weighted by Gasteiger charge is 2.05. The molecule has 0 aromatic carbocycles. The zero-order valence-corrected chi connectivity index (χ0v) is 16.5. The standard InChI is InChI=1S/C20H32N6/c1-5-7-8-9-16(3)25-20(21-6-2)24-15-18-10-11-19(23-14-18)26-13-12-22-17(26)4/h10-14,16H,5-9,15H2,1-4H3,(H2,21,24,25).